The molecule has 3 heteroatoms. The van der Waals surface area contributed by atoms with Crippen molar-refractivity contribution < 1.29 is 0 Å². The van der Waals surface area contributed by atoms with Gasteiger partial charge in [0.05, 0.1) is 5.84 Å². The third-order valence-corrected chi connectivity index (χ3v) is 3.30. The Morgan fingerprint density at radius 3 is 2.50 bits per heavy atom. The third-order valence-electron chi connectivity index (χ3n) is 3.30. The van der Waals surface area contributed by atoms with E-state index < -0.39 is 0 Å². The molecule has 1 aromatic carbocycles. The Labute approximate surface area is 123 Å². The van der Waals surface area contributed by atoms with Gasteiger partial charge >= 0.3 is 0 Å². The lowest BCUT2D eigenvalue weighted by molar-refractivity contribution is 0.390. The minimum absolute atomic E-state index is 0.511. The van der Waals surface area contributed by atoms with Gasteiger partial charge in [-0.3, -0.25) is 5.41 Å². The predicted octanol–water partition coefficient (Wildman–Crippen LogP) is 3.31. The quantitative estimate of drug-likeness (QED) is 0.536. The molecule has 0 unspecified atom stereocenters. The van der Waals surface area contributed by atoms with E-state index in [1.165, 1.54) is 5.56 Å². The van der Waals surface area contributed by atoms with Crippen molar-refractivity contribution in [1.29, 1.82) is 5.41 Å². The molecule has 0 spiro atoms. The first kappa shape index (κ1) is 16.7. The van der Waals surface area contributed by atoms with E-state index in [0.29, 0.717) is 6.04 Å². The average molecular weight is 275 g/mol. The maximum atomic E-state index is 8.28. The Morgan fingerprint density at radius 2 is 1.90 bits per heavy atom. The van der Waals surface area contributed by atoms with Crippen LogP contribution in [0.4, 0.5) is 0 Å². The average Bonchev–Trinajstić information content (AvgIpc) is 2.44. The van der Waals surface area contributed by atoms with E-state index in [1.807, 2.05) is 6.07 Å². The molecule has 0 heterocycles. The first-order chi connectivity index (χ1) is 9.63. The summed E-state index contributed by atoms with van der Waals surface area (Å²) in [6.07, 6.45) is 2.87. The molecule has 112 valence electrons. The zero-order valence-electron chi connectivity index (χ0n) is 13.2. The van der Waals surface area contributed by atoms with Crippen molar-refractivity contribution in [3.63, 3.8) is 0 Å². The van der Waals surface area contributed by atoms with Gasteiger partial charge in [-0.05, 0) is 18.4 Å². The topological polar surface area (TPSA) is 39.1 Å². The number of amidine groups is 1. The molecule has 0 radical (unpaired) electrons. The number of benzene rings is 1. The van der Waals surface area contributed by atoms with Gasteiger partial charge in [-0.1, -0.05) is 51.1 Å². The van der Waals surface area contributed by atoms with Gasteiger partial charge in [0.15, 0.2) is 0 Å². The van der Waals surface area contributed by atoms with Crippen LogP contribution in [0.2, 0.25) is 0 Å². The number of aryl methyl sites for hydroxylation is 1. The Kier molecular flexibility index (Phi) is 7.97. The van der Waals surface area contributed by atoms with Crippen molar-refractivity contribution >= 4 is 5.84 Å². The number of nitrogens with one attached hydrogen (secondary N) is 2. The molecule has 0 amide bonds. The SMILES string of the molecule is CCCN(CCNC(C)C)C(=N)CCc1ccccc1. The molecular weight excluding hydrogens is 246 g/mol. The van der Waals surface area contributed by atoms with Gasteiger partial charge in [0.1, 0.15) is 0 Å². The Hall–Kier alpha value is -1.35. The molecule has 20 heavy (non-hydrogen) atoms. The summed E-state index contributed by atoms with van der Waals surface area (Å²) in [5, 5.41) is 11.7. The van der Waals surface area contributed by atoms with Crippen LogP contribution < -0.4 is 5.32 Å². The van der Waals surface area contributed by atoms with Gasteiger partial charge in [-0.25, -0.2) is 0 Å². The van der Waals surface area contributed by atoms with Crippen LogP contribution in [0.1, 0.15) is 39.2 Å². The third kappa shape index (κ3) is 6.71. The van der Waals surface area contributed by atoms with E-state index in [0.717, 1.165) is 44.7 Å². The molecule has 3 nitrogen and oxygen atoms in total. The van der Waals surface area contributed by atoms with Crippen molar-refractivity contribution in [2.24, 2.45) is 0 Å². The van der Waals surface area contributed by atoms with Crippen LogP contribution in [0, 0.1) is 5.41 Å². The normalized spacial score (nSPS) is 10.8. The molecule has 0 fully saturated rings. The predicted molar refractivity (Wildman–Crippen MR) is 87.5 cm³/mol. The fourth-order valence-corrected chi connectivity index (χ4v) is 2.21. The van der Waals surface area contributed by atoms with Gasteiger partial charge in [0.2, 0.25) is 0 Å². The zero-order valence-corrected chi connectivity index (χ0v) is 13.2. The van der Waals surface area contributed by atoms with Crippen LogP contribution in [0.25, 0.3) is 0 Å². The van der Waals surface area contributed by atoms with Crippen LogP contribution in [0.5, 0.6) is 0 Å². The summed E-state index contributed by atoms with van der Waals surface area (Å²) in [7, 11) is 0. The molecule has 0 saturated heterocycles. The van der Waals surface area contributed by atoms with Crippen LogP contribution in [0.3, 0.4) is 0 Å². The van der Waals surface area contributed by atoms with E-state index in [4.69, 9.17) is 5.41 Å². The minimum Gasteiger partial charge on any atom is -0.359 e. The number of nitrogens with zero attached hydrogens (tertiary/aromatic N) is 1. The highest BCUT2D eigenvalue weighted by Gasteiger charge is 2.09. The van der Waals surface area contributed by atoms with Crippen molar-refractivity contribution in [3.05, 3.63) is 35.9 Å². The molecule has 1 rings (SSSR count). The smallest absolute Gasteiger partial charge is 0.0961 e. The number of hydrogen-bond donors (Lipinski definition) is 2. The Morgan fingerprint density at radius 1 is 1.20 bits per heavy atom. The maximum Gasteiger partial charge on any atom is 0.0961 e. The van der Waals surface area contributed by atoms with Crippen molar-refractivity contribution in [2.45, 2.75) is 46.1 Å². The molecule has 1 aromatic rings. The lowest BCUT2D eigenvalue weighted by Crippen LogP contribution is -2.38. The van der Waals surface area contributed by atoms with Crippen LogP contribution in [-0.4, -0.2) is 36.4 Å². The van der Waals surface area contributed by atoms with E-state index in [-0.39, 0.29) is 0 Å². The first-order valence-corrected chi connectivity index (χ1v) is 7.73. The van der Waals surface area contributed by atoms with Gasteiger partial charge in [-0.15, -0.1) is 0 Å². The minimum atomic E-state index is 0.511. The zero-order chi connectivity index (χ0) is 14.8. The molecule has 2 N–H and O–H groups in total. The van der Waals surface area contributed by atoms with Crippen molar-refractivity contribution in [1.82, 2.24) is 10.2 Å². The highest BCUT2D eigenvalue weighted by molar-refractivity contribution is 5.79. The molecule has 0 aliphatic rings. The summed E-state index contributed by atoms with van der Waals surface area (Å²) in [6.45, 7) is 9.35. The monoisotopic (exact) mass is 275 g/mol. The van der Waals surface area contributed by atoms with Gasteiger partial charge in [0.25, 0.3) is 0 Å². The van der Waals surface area contributed by atoms with Gasteiger partial charge in [-0.2, -0.15) is 0 Å². The van der Waals surface area contributed by atoms with Crippen LogP contribution in [-0.2, 0) is 6.42 Å². The highest BCUT2D eigenvalue weighted by atomic mass is 15.2. The summed E-state index contributed by atoms with van der Waals surface area (Å²) < 4.78 is 0. The fourth-order valence-electron chi connectivity index (χ4n) is 2.21. The molecular formula is C17H29N3. The van der Waals surface area contributed by atoms with E-state index in [1.54, 1.807) is 0 Å². The van der Waals surface area contributed by atoms with E-state index in [2.05, 4.69) is 55.3 Å². The Bertz CT molecular complexity index is 373. The molecule has 0 bridgehead atoms. The van der Waals surface area contributed by atoms with E-state index >= 15 is 0 Å². The van der Waals surface area contributed by atoms with Crippen molar-refractivity contribution in [2.75, 3.05) is 19.6 Å². The second kappa shape index (κ2) is 9.54. The molecule has 0 aliphatic heterocycles. The summed E-state index contributed by atoms with van der Waals surface area (Å²) in [6, 6.07) is 11.0. The van der Waals surface area contributed by atoms with Crippen LogP contribution >= 0.6 is 0 Å². The molecule has 0 aromatic heterocycles. The number of rotatable bonds is 9. The Balaban J connectivity index is 2.39. The maximum absolute atomic E-state index is 8.28. The largest absolute Gasteiger partial charge is 0.359 e. The summed E-state index contributed by atoms with van der Waals surface area (Å²) in [5.41, 5.74) is 1.31. The number of hydrogen-bond acceptors (Lipinski definition) is 2. The van der Waals surface area contributed by atoms with Crippen LogP contribution in [0.15, 0.2) is 30.3 Å². The van der Waals surface area contributed by atoms with Crippen molar-refractivity contribution in [3.8, 4) is 0 Å². The second-order valence-electron chi connectivity index (χ2n) is 5.53. The van der Waals surface area contributed by atoms with Gasteiger partial charge in [0, 0.05) is 32.1 Å². The van der Waals surface area contributed by atoms with Gasteiger partial charge < -0.3 is 10.2 Å². The fraction of sp³-hybridized carbons (Fsp3) is 0.588. The summed E-state index contributed by atoms with van der Waals surface area (Å²) in [4.78, 5) is 2.21. The first-order valence-electron chi connectivity index (χ1n) is 7.73. The molecule has 0 atom stereocenters. The van der Waals surface area contributed by atoms with E-state index in [9.17, 15) is 0 Å². The molecule has 0 saturated carbocycles. The lowest BCUT2D eigenvalue weighted by atomic mass is 10.1. The molecule has 0 aliphatic carbocycles. The summed E-state index contributed by atoms with van der Waals surface area (Å²) >= 11 is 0. The standard InChI is InChI=1S/C17H29N3/c1-4-13-20(14-12-19-15(2)3)17(18)11-10-16-8-6-5-7-9-16/h5-9,15,18-19H,4,10-14H2,1-3H3. The summed E-state index contributed by atoms with van der Waals surface area (Å²) in [5.74, 6) is 0.765. The second-order valence-corrected chi connectivity index (χ2v) is 5.53. The lowest BCUT2D eigenvalue weighted by Gasteiger charge is -2.25. The highest BCUT2D eigenvalue weighted by Crippen LogP contribution is 2.05.